The maximum Gasteiger partial charge on any atom is 0.137 e. The number of aliphatic imine (C=N–C) groups is 1. The van der Waals surface area contributed by atoms with Crippen LogP contribution in [0.15, 0.2) is 77.1 Å². The van der Waals surface area contributed by atoms with Crippen LogP contribution in [0.1, 0.15) is 16.7 Å². The molecule has 0 spiro atoms. The molecule has 0 aliphatic carbocycles. The van der Waals surface area contributed by atoms with Gasteiger partial charge in [0, 0.05) is 23.5 Å². The van der Waals surface area contributed by atoms with Gasteiger partial charge in [-0.25, -0.2) is 4.99 Å². The van der Waals surface area contributed by atoms with E-state index in [-0.39, 0.29) is 0 Å². The number of aryl methyl sites for hydroxylation is 1. The number of nitrogens with zero attached hydrogens (tertiary/aromatic N) is 2. The lowest BCUT2D eigenvalue weighted by Crippen LogP contribution is -2.34. The lowest BCUT2D eigenvalue weighted by Gasteiger charge is -2.28. The monoisotopic (exact) mass is 334 g/mol. The second-order valence-electron chi connectivity index (χ2n) is 5.81. The van der Waals surface area contributed by atoms with Crippen molar-refractivity contribution < 1.29 is 0 Å². The Morgan fingerprint density at radius 1 is 1.08 bits per heavy atom. The predicted molar refractivity (Wildman–Crippen MR) is 106 cm³/mol. The van der Waals surface area contributed by atoms with Crippen LogP contribution in [0.5, 0.6) is 0 Å². The van der Waals surface area contributed by atoms with Gasteiger partial charge < -0.3 is 4.90 Å². The Morgan fingerprint density at radius 3 is 2.38 bits per heavy atom. The van der Waals surface area contributed by atoms with Crippen molar-refractivity contribution in [3.63, 3.8) is 0 Å². The molecule has 1 aliphatic rings. The Labute approximate surface area is 148 Å². The van der Waals surface area contributed by atoms with Crippen molar-refractivity contribution in [1.29, 1.82) is 0 Å². The first kappa shape index (κ1) is 16.6. The largest absolute Gasteiger partial charge is 0.349 e. The van der Waals surface area contributed by atoms with Gasteiger partial charge in [0.1, 0.15) is 5.84 Å². The molecule has 0 saturated heterocycles. The summed E-state index contributed by atoms with van der Waals surface area (Å²) in [5.74, 6) is 1.01. The third kappa shape index (κ3) is 3.62. The number of rotatable bonds is 5. The number of amidine groups is 1. The van der Waals surface area contributed by atoms with Gasteiger partial charge in [-0.3, -0.25) is 0 Å². The molecule has 0 aromatic heterocycles. The molecular formula is C21H22N2S. The summed E-state index contributed by atoms with van der Waals surface area (Å²) in [5, 5.41) is 0. The zero-order chi connectivity index (χ0) is 16.9. The van der Waals surface area contributed by atoms with Crippen LogP contribution in [0, 0.1) is 6.92 Å². The minimum Gasteiger partial charge on any atom is -0.349 e. The Balaban J connectivity index is 1.97. The molecule has 3 rings (SSSR count). The number of benzene rings is 2. The minimum absolute atomic E-state index is 0.792. The molecule has 1 heterocycles. The zero-order valence-corrected chi connectivity index (χ0v) is 15.0. The average Bonchev–Trinajstić information content (AvgIpc) is 2.63. The van der Waals surface area contributed by atoms with Crippen LogP contribution < -0.4 is 0 Å². The van der Waals surface area contributed by atoms with Crippen LogP contribution in [-0.2, 0) is 0 Å². The van der Waals surface area contributed by atoms with Gasteiger partial charge in [0.15, 0.2) is 0 Å². The molecule has 0 fully saturated rings. The molecule has 24 heavy (non-hydrogen) atoms. The van der Waals surface area contributed by atoms with E-state index in [1.54, 1.807) is 11.8 Å². The summed E-state index contributed by atoms with van der Waals surface area (Å²) in [5.41, 5.74) is 4.61. The predicted octanol–water partition coefficient (Wildman–Crippen LogP) is 5.01. The molecule has 0 amide bonds. The van der Waals surface area contributed by atoms with Crippen molar-refractivity contribution in [2.24, 2.45) is 4.99 Å². The summed E-state index contributed by atoms with van der Waals surface area (Å²) in [6.45, 7) is 7.62. The molecule has 0 N–H and O–H groups in total. The highest BCUT2D eigenvalue weighted by molar-refractivity contribution is 7.98. The fraction of sp³-hybridized carbons (Fsp3) is 0.190. The Hall–Kier alpha value is -2.26. The molecule has 0 saturated carbocycles. The first-order chi connectivity index (χ1) is 11.7. The van der Waals surface area contributed by atoms with Crippen LogP contribution in [0.2, 0.25) is 0 Å². The maximum absolute atomic E-state index is 4.96. The lowest BCUT2D eigenvalue weighted by atomic mass is 10.1. The molecule has 2 aromatic carbocycles. The van der Waals surface area contributed by atoms with E-state index in [1.165, 1.54) is 10.5 Å². The summed E-state index contributed by atoms with van der Waals surface area (Å²) in [6, 6.07) is 17.2. The fourth-order valence-corrected chi connectivity index (χ4v) is 3.13. The molecule has 3 heteroatoms. The second kappa shape index (κ2) is 7.54. The number of hydrogen-bond donors (Lipinski definition) is 0. The molecule has 2 aromatic rings. The van der Waals surface area contributed by atoms with Gasteiger partial charge in [-0.1, -0.05) is 48.0 Å². The molecule has 0 atom stereocenters. The molecular weight excluding hydrogens is 312 g/mol. The molecule has 122 valence electrons. The zero-order valence-electron chi connectivity index (χ0n) is 14.2. The Kier molecular flexibility index (Phi) is 5.21. The van der Waals surface area contributed by atoms with Crippen molar-refractivity contribution in [2.75, 3.05) is 19.3 Å². The number of hydrogen-bond acceptors (Lipinski definition) is 3. The van der Waals surface area contributed by atoms with Gasteiger partial charge in [0.2, 0.25) is 0 Å². The van der Waals surface area contributed by atoms with Gasteiger partial charge >= 0.3 is 0 Å². The Bertz CT molecular complexity index is 770. The van der Waals surface area contributed by atoms with Crippen molar-refractivity contribution in [3.05, 3.63) is 84.0 Å². The van der Waals surface area contributed by atoms with Crippen LogP contribution in [0.3, 0.4) is 0 Å². The summed E-state index contributed by atoms with van der Waals surface area (Å²) in [7, 11) is 0. The molecule has 1 aliphatic heterocycles. The quantitative estimate of drug-likeness (QED) is 0.564. The summed E-state index contributed by atoms with van der Waals surface area (Å²) in [4.78, 5) is 8.47. The normalized spacial score (nSPS) is 14.2. The van der Waals surface area contributed by atoms with Gasteiger partial charge in [0.05, 0.1) is 5.70 Å². The summed E-state index contributed by atoms with van der Waals surface area (Å²) in [6.07, 6.45) is 6.21. The van der Waals surface area contributed by atoms with Crippen LogP contribution >= 0.6 is 11.8 Å². The van der Waals surface area contributed by atoms with E-state index in [0.717, 1.165) is 35.7 Å². The van der Waals surface area contributed by atoms with E-state index in [2.05, 4.69) is 79.3 Å². The lowest BCUT2D eigenvalue weighted by molar-refractivity contribution is 0.509. The van der Waals surface area contributed by atoms with Crippen molar-refractivity contribution in [3.8, 4) is 0 Å². The standard InChI is InChI=1S/C21H22N2S/c1-4-14-23-15-13-20(17-7-5-16(2)6-8-17)22-21(23)18-9-11-19(24-3)12-10-18/h4-13H,1,14-15H2,2-3H3. The van der Waals surface area contributed by atoms with Crippen LogP contribution in [0.25, 0.3) is 5.70 Å². The van der Waals surface area contributed by atoms with E-state index in [1.807, 2.05) is 6.08 Å². The van der Waals surface area contributed by atoms with Gasteiger partial charge in [-0.2, -0.15) is 0 Å². The first-order valence-electron chi connectivity index (χ1n) is 8.07. The highest BCUT2D eigenvalue weighted by atomic mass is 32.2. The van der Waals surface area contributed by atoms with Crippen LogP contribution in [0.4, 0.5) is 0 Å². The Morgan fingerprint density at radius 2 is 1.75 bits per heavy atom. The van der Waals surface area contributed by atoms with E-state index < -0.39 is 0 Å². The molecule has 0 bridgehead atoms. The topological polar surface area (TPSA) is 15.6 Å². The highest BCUT2D eigenvalue weighted by Crippen LogP contribution is 2.24. The summed E-state index contributed by atoms with van der Waals surface area (Å²) < 4.78 is 0. The van der Waals surface area contributed by atoms with E-state index in [4.69, 9.17) is 4.99 Å². The highest BCUT2D eigenvalue weighted by Gasteiger charge is 2.17. The molecule has 0 unspecified atom stereocenters. The first-order valence-corrected chi connectivity index (χ1v) is 9.30. The van der Waals surface area contributed by atoms with Crippen LogP contribution in [-0.4, -0.2) is 30.1 Å². The maximum atomic E-state index is 4.96. The van der Waals surface area contributed by atoms with Crippen molar-refractivity contribution in [1.82, 2.24) is 4.90 Å². The average molecular weight is 334 g/mol. The minimum atomic E-state index is 0.792. The SMILES string of the molecule is C=CCN1CC=C(c2ccc(C)cc2)N=C1c1ccc(SC)cc1. The molecule has 2 nitrogen and oxygen atoms in total. The third-order valence-electron chi connectivity index (χ3n) is 4.08. The van der Waals surface area contributed by atoms with Crippen molar-refractivity contribution in [2.45, 2.75) is 11.8 Å². The second-order valence-corrected chi connectivity index (χ2v) is 6.69. The van der Waals surface area contributed by atoms with Gasteiger partial charge in [-0.05, 0) is 37.0 Å². The van der Waals surface area contributed by atoms with Gasteiger partial charge in [-0.15, -0.1) is 18.3 Å². The smallest absolute Gasteiger partial charge is 0.137 e. The number of thioether (sulfide) groups is 1. The summed E-state index contributed by atoms with van der Waals surface area (Å²) >= 11 is 1.75. The third-order valence-corrected chi connectivity index (χ3v) is 4.82. The van der Waals surface area contributed by atoms with E-state index >= 15 is 0 Å². The van der Waals surface area contributed by atoms with Gasteiger partial charge in [0.25, 0.3) is 0 Å². The van der Waals surface area contributed by atoms with E-state index in [9.17, 15) is 0 Å². The van der Waals surface area contributed by atoms with Crippen molar-refractivity contribution >= 4 is 23.3 Å². The molecule has 0 radical (unpaired) electrons. The fourth-order valence-electron chi connectivity index (χ4n) is 2.72. The van der Waals surface area contributed by atoms with E-state index in [0.29, 0.717) is 0 Å².